The number of carbonyl (C=O) groups is 2. The van der Waals surface area contributed by atoms with Crippen LogP contribution in [-0.2, 0) is 4.79 Å². The Morgan fingerprint density at radius 3 is 2.58 bits per heavy atom. The smallest absolute Gasteiger partial charge is 0.272 e. The van der Waals surface area contributed by atoms with Crippen LogP contribution in [-0.4, -0.2) is 41.3 Å². The minimum atomic E-state index is -3.36. The molecule has 6 nitrogen and oxygen atoms in total. The van der Waals surface area contributed by atoms with E-state index in [1.54, 1.807) is 6.07 Å². The fraction of sp³-hybridized carbons (Fsp3) is 0.611. The summed E-state index contributed by atoms with van der Waals surface area (Å²) >= 11 is 0. The highest BCUT2D eigenvalue weighted by molar-refractivity contribution is 6.00. The van der Waals surface area contributed by atoms with Gasteiger partial charge in [-0.25, -0.2) is 13.8 Å². The van der Waals surface area contributed by atoms with Crippen molar-refractivity contribution in [2.75, 3.05) is 6.61 Å². The van der Waals surface area contributed by atoms with E-state index in [1.165, 1.54) is 6.07 Å². The van der Waals surface area contributed by atoms with Crippen LogP contribution in [0.5, 0.6) is 5.88 Å². The van der Waals surface area contributed by atoms with Gasteiger partial charge in [0.15, 0.2) is 0 Å². The number of pyridine rings is 1. The summed E-state index contributed by atoms with van der Waals surface area (Å²) < 4.78 is 34.2. The van der Waals surface area contributed by atoms with Crippen LogP contribution in [0.2, 0.25) is 0 Å². The first-order chi connectivity index (χ1) is 12.3. The van der Waals surface area contributed by atoms with Gasteiger partial charge >= 0.3 is 0 Å². The number of Topliss-reactive ketones (excluding diaryl/α,β-unsaturated/α-hetero) is 1. The van der Waals surface area contributed by atoms with Crippen molar-refractivity contribution in [1.82, 2.24) is 10.3 Å². The Morgan fingerprint density at radius 1 is 1.27 bits per heavy atom. The molecule has 3 N–H and O–H groups in total. The fourth-order valence-corrected chi connectivity index (χ4v) is 3.26. The first-order valence-corrected chi connectivity index (χ1v) is 8.96. The molecule has 0 radical (unpaired) electrons. The second-order valence-electron chi connectivity index (χ2n) is 7.50. The van der Waals surface area contributed by atoms with Crippen LogP contribution in [0.4, 0.5) is 8.78 Å². The van der Waals surface area contributed by atoms with Gasteiger partial charge in [-0.15, -0.1) is 0 Å². The van der Waals surface area contributed by atoms with E-state index in [0.717, 1.165) is 31.2 Å². The Bertz CT molecular complexity index is 747. The van der Waals surface area contributed by atoms with E-state index in [2.05, 4.69) is 10.3 Å². The van der Waals surface area contributed by atoms with E-state index in [-0.39, 0.29) is 5.69 Å². The predicted molar refractivity (Wildman–Crippen MR) is 88.2 cm³/mol. The molecule has 8 heteroatoms. The van der Waals surface area contributed by atoms with Crippen molar-refractivity contribution in [3.63, 3.8) is 0 Å². The number of ketones is 1. The standard InChI is InChI=1S/C18H21F2N3O3/c19-18(20)7-13(16(21)25)22-15(18)14(24)12-6-5-11(10-3-4-10)17(23-12)26-8-9-1-2-9/h5-6,9-10,13,15,22H,1-4,7-8H2,(H2,21,25). The van der Waals surface area contributed by atoms with E-state index in [4.69, 9.17) is 10.5 Å². The molecule has 1 aliphatic heterocycles. The molecule has 1 amide bonds. The number of aromatic nitrogens is 1. The van der Waals surface area contributed by atoms with Crippen LogP contribution < -0.4 is 15.8 Å². The highest BCUT2D eigenvalue weighted by atomic mass is 19.3. The number of amides is 1. The Hall–Kier alpha value is -2.09. The van der Waals surface area contributed by atoms with E-state index in [0.29, 0.717) is 24.3 Å². The van der Waals surface area contributed by atoms with Gasteiger partial charge < -0.3 is 10.5 Å². The summed E-state index contributed by atoms with van der Waals surface area (Å²) in [5.41, 5.74) is 5.95. The minimum Gasteiger partial charge on any atom is -0.477 e. The van der Waals surface area contributed by atoms with Gasteiger partial charge in [0.1, 0.15) is 11.7 Å². The Balaban J connectivity index is 1.57. The lowest BCUT2D eigenvalue weighted by Crippen LogP contribution is -2.46. The number of alkyl halides is 2. The lowest BCUT2D eigenvalue weighted by molar-refractivity contribution is -0.120. The molecule has 2 heterocycles. The van der Waals surface area contributed by atoms with Gasteiger partial charge in [-0.1, -0.05) is 6.07 Å². The van der Waals surface area contributed by atoms with Crippen molar-refractivity contribution < 1.29 is 23.1 Å². The molecule has 0 spiro atoms. The summed E-state index contributed by atoms with van der Waals surface area (Å²) in [5, 5.41) is 2.35. The van der Waals surface area contributed by atoms with E-state index in [9.17, 15) is 18.4 Å². The number of nitrogens with zero attached hydrogens (tertiary/aromatic N) is 1. The quantitative estimate of drug-likeness (QED) is 0.719. The zero-order valence-electron chi connectivity index (χ0n) is 14.2. The third-order valence-corrected chi connectivity index (χ3v) is 5.18. The average molecular weight is 365 g/mol. The van der Waals surface area contributed by atoms with E-state index >= 15 is 0 Å². The number of carbonyl (C=O) groups excluding carboxylic acids is 2. The maximum absolute atomic E-state index is 14.2. The molecule has 1 aromatic heterocycles. The average Bonchev–Trinajstić information content (AvgIpc) is 3.50. The van der Waals surface area contributed by atoms with Gasteiger partial charge in [-0.2, -0.15) is 0 Å². The topological polar surface area (TPSA) is 94.3 Å². The zero-order chi connectivity index (χ0) is 18.5. The van der Waals surface area contributed by atoms with E-state index in [1.807, 2.05) is 0 Å². The molecule has 3 aliphatic rings. The first kappa shape index (κ1) is 17.3. The lowest BCUT2D eigenvalue weighted by atomic mass is 10.0. The van der Waals surface area contributed by atoms with Gasteiger partial charge in [-0.05, 0) is 43.6 Å². The highest BCUT2D eigenvalue weighted by Gasteiger charge is 2.54. The lowest BCUT2D eigenvalue weighted by Gasteiger charge is -2.18. The summed E-state index contributed by atoms with van der Waals surface area (Å²) in [4.78, 5) is 28.1. The van der Waals surface area contributed by atoms with Crippen LogP contribution in [0.1, 0.15) is 54.1 Å². The molecule has 2 saturated carbocycles. The molecule has 3 fully saturated rings. The Morgan fingerprint density at radius 2 is 2.00 bits per heavy atom. The molecule has 1 saturated heterocycles. The van der Waals surface area contributed by atoms with Crippen LogP contribution in [0.15, 0.2) is 12.1 Å². The molecule has 0 bridgehead atoms. The third-order valence-electron chi connectivity index (χ3n) is 5.18. The zero-order valence-corrected chi connectivity index (χ0v) is 14.2. The van der Waals surface area contributed by atoms with E-state index < -0.39 is 36.1 Å². The van der Waals surface area contributed by atoms with Crippen LogP contribution in [0.25, 0.3) is 0 Å². The number of nitrogens with two attached hydrogens (primary N) is 1. The molecule has 0 aromatic carbocycles. The van der Waals surface area contributed by atoms with Gasteiger partial charge in [-0.3, -0.25) is 14.9 Å². The molecule has 2 aliphatic carbocycles. The van der Waals surface area contributed by atoms with Gasteiger partial charge in [0.25, 0.3) is 5.92 Å². The largest absolute Gasteiger partial charge is 0.477 e. The molecule has 1 aromatic rings. The summed E-state index contributed by atoms with van der Waals surface area (Å²) in [6.07, 6.45) is 3.52. The molecule has 2 atom stereocenters. The molecular weight excluding hydrogens is 344 g/mol. The van der Waals surface area contributed by atoms with Gasteiger partial charge in [0, 0.05) is 12.0 Å². The van der Waals surface area contributed by atoms with Gasteiger partial charge in [0.05, 0.1) is 12.6 Å². The summed E-state index contributed by atoms with van der Waals surface area (Å²) in [7, 11) is 0. The van der Waals surface area contributed by atoms with Crippen LogP contribution in [0.3, 0.4) is 0 Å². The second-order valence-corrected chi connectivity index (χ2v) is 7.50. The maximum atomic E-state index is 14.2. The monoisotopic (exact) mass is 365 g/mol. The van der Waals surface area contributed by atoms with Crippen molar-refractivity contribution >= 4 is 11.7 Å². The number of halogens is 2. The molecule has 4 rings (SSSR count). The van der Waals surface area contributed by atoms with Crippen molar-refractivity contribution in [2.24, 2.45) is 11.7 Å². The molecular formula is C18H21F2N3O3. The highest BCUT2D eigenvalue weighted by Crippen LogP contribution is 2.44. The number of ether oxygens (including phenoxy) is 1. The second kappa shape index (κ2) is 6.26. The van der Waals surface area contributed by atoms with Crippen molar-refractivity contribution in [1.29, 1.82) is 0 Å². The maximum Gasteiger partial charge on any atom is 0.272 e. The number of primary amides is 1. The predicted octanol–water partition coefficient (Wildman–Crippen LogP) is 1.78. The Kier molecular flexibility index (Phi) is 4.17. The SMILES string of the molecule is NC(=O)C1CC(F)(F)C(C(=O)c2ccc(C3CC3)c(OCC3CC3)n2)N1. The number of hydrogen-bond donors (Lipinski definition) is 2. The first-order valence-electron chi connectivity index (χ1n) is 8.96. The van der Waals surface area contributed by atoms with Gasteiger partial charge in [0.2, 0.25) is 17.6 Å². The van der Waals surface area contributed by atoms with Crippen molar-refractivity contribution in [2.45, 2.75) is 56.0 Å². The number of hydrogen-bond acceptors (Lipinski definition) is 5. The van der Waals surface area contributed by atoms with Crippen LogP contribution >= 0.6 is 0 Å². The Labute approximate surface area is 149 Å². The van der Waals surface area contributed by atoms with Crippen molar-refractivity contribution in [3.8, 4) is 5.88 Å². The fourth-order valence-electron chi connectivity index (χ4n) is 3.26. The molecule has 26 heavy (non-hydrogen) atoms. The molecule has 2 unspecified atom stereocenters. The number of rotatable bonds is 7. The number of nitrogens with one attached hydrogen (secondary N) is 1. The summed E-state index contributed by atoms with van der Waals surface area (Å²) in [6.45, 7) is 0.534. The summed E-state index contributed by atoms with van der Waals surface area (Å²) in [5.74, 6) is -3.85. The molecule has 140 valence electrons. The van der Waals surface area contributed by atoms with Crippen LogP contribution in [0, 0.1) is 5.92 Å². The third kappa shape index (κ3) is 3.42. The normalized spacial score (nSPS) is 27.3. The minimum absolute atomic E-state index is 0.0810. The van der Waals surface area contributed by atoms with Crippen molar-refractivity contribution in [3.05, 3.63) is 23.4 Å². The summed E-state index contributed by atoms with van der Waals surface area (Å²) in [6, 6.07) is 0.180.